The van der Waals surface area contributed by atoms with E-state index in [0.29, 0.717) is 0 Å². The molecule has 0 aliphatic rings. The zero-order chi connectivity index (χ0) is 9.24. The fourth-order valence-electron chi connectivity index (χ4n) is 0.106. The second-order valence-corrected chi connectivity index (χ2v) is 15.8. The fourth-order valence-corrected chi connectivity index (χ4v) is 0.437. The third kappa shape index (κ3) is 1.31. The predicted molar refractivity (Wildman–Crippen MR) is 37.2 cm³/mol. The van der Waals surface area contributed by atoms with Gasteiger partial charge in [0.1, 0.15) is 0 Å². The van der Waals surface area contributed by atoms with E-state index in [4.69, 9.17) is 31.1 Å². The number of hydrogen-bond acceptors (Lipinski definition) is 4. The molecule has 0 N–H and O–H groups in total. The molecule has 0 radical (unpaired) electrons. The van der Waals surface area contributed by atoms with Gasteiger partial charge in [0.25, 0.3) is 0 Å². The van der Waals surface area contributed by atoms with Crippen LogP contribution >= 0.6 is 24.2 Å². The van der Waals surface area contributed by atoms with Crippen LogP contribution in [0.3, 0.4) is 0 Å². The van der Waals surface area contributed by atoms with Gasteiger partial charge in [0.15, 0.2) is 0 Å². The second-order valence-electron chi connectivity index (χ2n) is 1.43. The van der Waals surface area contributed by atoms with E-state index in [1.165, 1.54) is 19.9 Å². The first-order chi connectivity index (χ1) is 4.80. The van der Waals surface area contributed by atoms with Crippen molar-refractivity contribution in [2.75, 3.05) is 0 Å². The molecule has 0 aromatic rings. The van der Waals surface area contributed by atoms with Gasteiger partial charge in [0.2, 0.25) is 0 Å². The Bertz CT molecular complexity index is 309. The van der Waals surface area contributed by atoms with E-state index in [-0.39, 0.29) is 0 Å². The normalized spacial score (nSPS) is 15.5. The van der Waals surface area contributed by atoms with Crippen LogP contribution < -0.4 is 0 Å². The van der Waals surface area contributed by atoms with Gasteiger partial charge >= 0.3 is 73.1 Å². The van der Waals surface area contributed by atoms with Gasteiger partial charge in [-0.15, -0.1) is 0 Å². The first-order valence-corrected chi connectivity index (χ1v) is 8.33. The number of hydrogen-bond donors (Lipinski definition) is 0. The van der Waals surface area contributed by atoms with Crippen LogP contribution in [-0.4, -0.2) is 0 Å². The Labute approximate surface area is 73.0 Å². The molecule has 58 valence electrons. The van der Waals surface area contributed by atoms with Gasteiger partial charge < -0.3 is 0 Å². The summed E-state index contributed by atoms with van der Waals surface area (Å²) in [5.41, 5.74) is 0. The van der Waals surface area contributed by atoms with Crippen LogP contribution in [0, 0.1) is 40.9 Å². The summed E-state index contributed by atoms with van der Waals surface area (Å²) >= 11 is 2.46. The van der Waals surface area contributed by atoms with Crippen molar-refractivity contribution in [3.63, 3.8) is 0 Å². The zero-order valence-corrected chi connectivity index (χ0v) is 8.34. The topological polar surface area (TPSA) is 95.2 Å². The van der Waals surface area contributed by atoms with Crippen LogP contribution in [0.2, 0.25) is 0 Å². The van der Waals surface area contributed by atoms with Crippen LogP contribution in [0.25, 0.3) is 0 Å². The third-order valence-electron chi connectivity index (χ3n) is 0.713. The molecule has 0 fully saturated rings. The maximum absolute atomic E-state index is 8.46. The summed E-state index contributed by atoms with van der Waals surface area (Å²) in [4.78, 5) is 5.05. The summed E-state index contributed by atoms with van der Waals surface area (Å²) in [6.07, 6.45) is 0. The van der Waals surface area contributed by atoms with Crippen molar-refractivity contribution in [1.29, 1.82) is 21.0 Å². The molecule has 0 saturated carbocycles. The number of rotatable bonds is 0. The van der Waals surface area contributed by atoms with E-state index in [1.807, 2.05) is 0 Å². The molecule has 4 nitrogen and oxygen atoms in total. The first kappa shape index (κ1) is 10.2. The van der Waals surface area contributed by atoms with E-state index in [1.54, 1.807) is 0 Å². The zero-order valence-electron chi connectivity index (χ0n) is 4.90. The minimum atomic E-state index is -5.41. The number of nitriles is 4. The van der Waals surface area contributed by atoms with E-state index < -0.39 is 8.01 Å². The molecule has 0 bridgehead atoms. The average Bonchev–Trinajstić information content (AvgIpc) is 2.07. The Balaban J connectivity index is 6.12. The first-order valence-electron chi connectivity index (χ1n) is 1.87. The summed E-state index contributed by atoms with van der Waals surface area (Å²) in [6.45, 7) is 0. The van der Waals surface area contributed by atoms with Crippen molar-refractivity contribution in [2.45, 2.75) is 0 Å². The Kier molecular flexibility index (Phi) is 1.76. The molecule has 11 heavy (non-hydrogen) atoms. The second kappa shape index (κ2) is 1.89. The van der Waals surface area contributed by atoms with Crippen molar-refractivity contribution >= 4 is 24.2 Å². The number of nitrogens with zero attached hydrogens (tertiary/aromatic N) is 4. The molecule has 0 aromatic carbocycles. The van der Waals surface area contributed by atoms with Gasteiger partial charge in [-0.3, -0.25) is 0 Å². The Morgan fingerprint density at radius 1 is 0.909 bits per heavy atom. The third-order valence-corrected chi connectivity index (χ3v) is 5.99. The molecule has 7 heteroatoms. The van der Waals surface area contributed by atoms with Crippen LogP contribution in [0.1, 0.15) is 0 Å². The Hall–Kier alpha value is -0.751. The van der Waals surface area contributed by atoms with Crippen molar-refractivity contribution in [3.8, 4) is 19.9 Å². The predicted octanol–water partition coefficient (Wildman–Crippen LogP) is 1.60. The molecule has 0 aliphatic heterocycles. The van der Waals surface area contributed by atoms with Gasteiger partial charge in [0, 0.05) is 0 Å². The van der Waals surface area contributed by atoms with E-state index in [9.17, 15) is 0 Å². The SMILES string of the molecule is N#[C][Fe]([Cl])([Br])([C]#N)([C]#N)[C]#N. The van der Waals surface area contributed by atoms with Crippen LogP contribution in [-0.2, 0) is 8.01 Å². The molecule has 0 aromatic heterocycles. The molecular formula is C4BrClFeN4. The summed E-state index contributed by atoms with van der Waals surface area (Å²) in [5, 5.41) is 33.9. The van der Waals surface area contributed by atoms with Gasteiger partial charge in [-0.25, -0.2) is 0 Å². The minimum absolute atomic E-state index is 1.26. The van der Waals surface area contributed by atoms with Crippen LogP contribution in [0.15, 0.2) is 0 Å². The molecule has 0 heterocycles. The van der Waals surface area contributed by atoms with Gasteiger partial charge in [-0.05, 0) is 0 Å². The molecule has 0 rings (SSSR count). The quantitative estimate of drug-likeness (QED) is 0.627. The fraction of sp³-hybridized carbons (Fsp3) is 0. The summed E-state index contributed by atoms with van der Waals surface area (Å²) in [7, 11) is -0.000772. The van der Waals surface area contributed by atoms with Crippen molar-refractivity contribution in [2.24, 2.45) is 0 Å². The molecule has 0 atom stereocenters. The monoisotopic (exact) mass is 274 g/mol. The Morgan fingerprint density at radius 2 is 1.09 bits per heavy atom. The summed E-state index contributed by atoms with van der Waals surface area (Å²) in [6, 6.07) is 0. The molecular weight excluding hydrogens is 275 g/mol. The van der Waals surface area contributed by atoms with Gasteiger partial charge in [-0.2, -0.15) is 0 Å². The standard InChI is InChI=1S/4CN.BrH.ClH.Fe/c4*1-2;;;/h;;;;2*1H;/q;;;;;;+2/p-2. The summed E-state index contributed by atoms with van der Waals surface area (Å²) < 4.78 is 0. The van der Waals surface area contributed by atoms with Crippen LogP contribution in [0.5, 0.6) is 0 Å². The van der Waals surface area contributed by atoms with Crippen molar-refractivity contribution < 1.29 is 8.01 Å². The molecule has 0 aliphatic carbocycles. The average molecular weight is 275 g/mol. The molecule has 0 unspecified atom stereocenters. The van der Waals surface area contributed by atoms with Crippen molar-refractivity contribution in [1.82, 2.24) is 0 Å². The van der Waals surface area contributed by atoms with E-state index in [2.05, 4.69) is 14.1 Å². The molecule has 0 saturated heterocycles. The molecule has 0 spiro atoms. The van der Waals surface area contributed by atoms with E-state index in [0.717, 1.165) is 0 Å². The van der Waals surface area contributed by atoms with E-state index >= 15 is 0 Å². The number of halogens is 2. The maximum atomic E-state index is 8.46. The van der Waals surface area contributed by atoms with Crippen molar-refractivity contribution in [3.05, 3.63) is 0 Å². The van der Waals surface area contributed by atoms with Crippen LogP contribution in [0.4, 0.5) is 0 Å². The van der Waals surface area contributed by atoms with Gasteiger partial charge in [-0.1, -0.05) is 0 Å². The Morgan fingerprint density at radius 3 is 1.09 bits per heavy atom. The summed E-state index contributed by atoms with van der Waals surface area (Å²) in [5.74, 6) is 0. The molecule has 0 amide bonds. The van der Waals surface area contributed by atoms with Gasteiger partial charge in [0.05, 0.1) is 0 Å².